The van der Waals surface area contributed by atoms with E-state index in [1.165, 1.54) is 19.1 Å². The normalized spacial score (nSPS) is 15.8. The number of benzene rings is 1. The van der Waals surface area contributed by atoms with Gasteiger partial charge in [-0.2, -0.15) is 0 Å². The highest BCUT2D eigenvalue weighted by molar-refractivity contribution is 7.93. The van der Waals surface area contributed by atoms with E-state index in [1.807, 2.05) is 0 Å². The Hall–Kier alpha value is -0.650. The average molecular weight is 267 g/mol. The lowest BCUT2D eigenvalue weighted by Gasteiger charge is -2.16. The van der Waals surface area contributed by atoms with Crippen LogP contribution in [0, 0.1) is 5.82 Å². The van der Waals surface area contributed by atoms with Gasteiger partial charge in [-0.1, -0.05) is 19.1 Å². The smallest absolute Gasteiger partial charge is 0.169 e. The van der Waals surface area contributed by atoms with Crippen LogP contribution in [0.3, 0.4) is 0 Å². The zero-order chi connectivity index (χ0) is 12.3. The van der Waals surface area contributed by atoms with Crippen molar-refractivity contribution in [2.75, 3.05) is 5.75 Å². The van der Waals surface area contributed by atoms with E-state index >= 15 is 0 Å². The highest BCUT2D eigenvalue weighted by atomic mass is 35.5. The fraction of sp³-hybridized carbons (Fsp3) is 0.400. The zero-order valence-electron chi connectivity index (χ0n) is 8.60. The molecule has 0 bridgehead atoms. The molecule has 1 N–H and O–H groups in total. The summed E-state index contributed by atoms with van der Waals surface area (Å²) in [7, 11) is -3.53. The molecule has 0 heterocycles. The Morgan fingerprint density at radius 1 is 1.38 bits per heavy atom. The van der Waals surface area contributed by atoms with Gasteiger partial charge in [0.25, 0.3) is 0 Å². The maximum atomic E-state index is 12.6. The summed E-state index contributed by atoms with van der Waals surface area (Å²) in [5.74, 6) is -0.611. The molecule has 0 aromatic heterocycles. The van der Waals surface area contributed by atoms with Crippen LogP contribution in [0.15, 0.2) is 24.3 Å². The minimum Gasteiger partial charge on any atom is -0.386 e. The molecular weight excluding hydrogens is 255 g/mol. The summed E-state index contributed by atoms with van der Waals surface area (Å²) in [6.07, 6.45) is -1.35. The van der Waals surface area contributed by atoms with Gasteiger partial charge in [0.1, 0.15) is 11.9 Å². The largest absolute Gasteiger partial charge is 0.386 e. The van der Waals surface area contributed by atoms with Crippen molar-refractivity contribution in [1.29, 1.82) is 0 Å². The summed E-state index contributed by atoms with van der Waals surface area (Å²) in [4.78, 5) is 0. The average Bonchev–Trinajstić information content (AvgIpc) is 2.28. The van der Waals surface area contributed by atoms with E-state index in [-0.39, 0.29) is 11.3 Å². The first-order valence-electron chi connectivity index (χ1n) is 4.67. The number of aliphatic hydroxyl groups is 1. The Morgan fingerprint density at radius 3 is 2.31 bits per heavy atom. The maximum Gasteiger partial charge on any atom is 0.169 e. The van der Waals surface area contributed by atoms with Gasteiger partial charge in [0, 0.05) is 5.75 Å². The fourth-order valence-corrected chi connectivity index (χ4v) is 2.56. The van der Waals surface area contributed by atoms with Crippen LogP contribution in [0.4, 0.5) is 4.39 Å². The van der Waals surface area contributed by atoms with E-state index in [0.717, 1.165) is 12.1 Å². The molecule has 1 aromatic rings. The molecule has 0 fully saturated rings. The van der Waals surface area contributed by atoms with Gasteiger partial charge in [0.05, 0.1) is 0 Å². The van der Waals surface area contributed by atoms with Crippen LogP contribution in [0.25, 0.3) is 0 Å². The number of aliphatic hydroxyl groups excluding tert-OH is 1. The lowest BCUT2D eigenvalue weighted by Crippen LogP contribution is -2.24. The lowest BCUT2D eigenvalue weighted by molar-refractivity contribution is 0.191. The molecule has 3 nitrogen and oxygen atoms in total. The van der Waals surface area contributed by atoms with Crippen molar-refractivity contribution < 1.29 is 17.9 Å². The van der Waals surface area contributed by atoms with Crippen molar-refractivity contribution in [1.82, 2.24) is 0 Å². The molecular formula is C10H12ClFO3S. The molecule has 0 aliphatic heterocycles. The third-order valence-corrected chi connectivity index (χ3v) is 5.01. The van der Waals surface area contributed by atoms with Crippen molar-refractivity contribution >= 4 is 21.4 Å². The summed E-state index contributed by atoms with van der Waals surface area (Å²) in [6.45, 7) is 1.45. The van der Waals surface area contributed by atoms with Crippen LogP contribution >= 0.6 is 11.6 Å². The topological polar surface area (TPSA) is 54.4 Å². The molecule has 90 valence electrons. The summed E-state index contributed by atoms with van der Waals surface area (Å²) < 4.78 is 34.0. The van der Waals surface area contributed by atoms with Crippen LogP contribution in [-0.2, 0) is 9.84 Å². The Balaban J connectivity index is 2.94. The van der Waals surface area contributed by atoms with Crippen LogP contribution in [0.2, 0.25) is 0 Å². The maximum absolute atomic E-state index is 12.6. The van der Waals surface area contributed by atoms with Crippen molar-refractivity contribution in [3.05, 3.63) is 35.6 Å². The van der Waals surface area contributed by atoms with Gasteiger partial charge in [0.2, 0.25) is 0 Å². The van der Waals surface area contributed by atoms with Crippen LogP contribution in [-0.4, -0.2) is 24.0 Å². The number of halogens is 2. The summed E-state index contributed by atoms with van der Waals surface area (Å²) >= 11 is 5.67. The monoisotopic (exact) mass is 266 g/mol. The molecule has 0 saturated carbocycles. The Bertz CT molecular complexity index is 444. The molecule has 0 saturated heterocycles. The number of hydrogen-bond donors (Lipinski definition) is 1. The molecule has 0 aliphatic rings. The minimum atomic E-state index is -3.53. The first-order chi connectivity index (χ1) is 7.38. The highest BCUT2D eigenvalue weighted by Gasteiger charge is 2.29. The van der Waals surface area contributed by atoms with Crippen LogP contribution < -0.4 is 0 Å². The van der Waals surface area contributed by atoms with Crippen LogP contribution in [0.1, 0.15) is 18.6 Å². The second-order valence-corrected chi connectivity index (χ2v) is 6.44. The predicted molar refractivity (Wildman–Crippen MR) is 60.5 cm³/mol. The van der Waals surface area contributed by atoms with E-state index in [9.17, 15) is 17.9 Å². The Kier molecular flexibility index (Phi) is 4.29. The van der Waals surface area contributed by atoms with Crippen molar-refractivity contribution in [2.45, 2.75) is 17.7 Å². The molecule has 6 heteroatoms. The second-order valence-electron chi connectivity index (χ2n) is 3.30. The molecule has 2 unspecified atom stereocenters. The molecule has 2 atom stereocenters. The first-order valence-corrected chi connectivity index (χ1v) is 6.83. The van der Waals surface area contributed by atoms with E-state index < -0.39 is 26.5 Å². The van der Waals surface area contributed by atoms with E-state index in [4.69, 9.17) is 11.6 Å². The standard InChI is InChI=1S/C10H12ClFO3S/c1-2-16(14,15)10(11)9(13)7-3-5-8(12)6-4-7/h3-6,9-10,13H,2H2,1H3. The highest BCUT2D eigenvalue weighted by Crippen LogP contribution is 2.25. The van der Waals surface area contributed by atoms with Gasteiger partial charge in [-0.25, -0.2) is 12.8 Å². The minimum absolute atomic E-state index is 0.153. The molecule has 0 radical (unpaired) electrons. The first kappa shape index (κ1) is 13.4. The van der Waals surface area contributed by atoms with Gasteiger partial charge in [0.15, 0.2) is 14.5 Å². The number of alkyl halides is 1. The molecule has 0 aliphatic carbocycles. The lowest BCUT2D eigenvalue weighted by atomic mass is 10.1. The molecule has 1 rings (SSSR count). The number of sulfone groups is 1. The summed E-state index contributed by atoms with van der Waals surface area (Å²) in [5.41, 5.74) is 0.276. The van der Waals surface area contributed by atoms with Gasteiger partial charge < -0.3 is 5.11 Å². The van der Waals surface area contributed by atoms with Gasteiger partial charge in [-0.3, -0.25) is 0 Å². The van der Waals surface area contributed by atoms with Gasteiger partial charge in [-0.15, -0.1) is 11.6 Å². The third-order valence-electron chi connectivity index (χ3n) is 2.21. The Labute approximate surface area is 98.8 Å². The molecule has 1 aromatic carbocycles. The quantitative estimate of drug-likeness (QED) is 0.847. The summed E-state index contributed by atoms with van der Waals surface area (Å²) in [5, 5.41) is 9.71. The van der Waals surface area contributed by atoms with Crippen LogP contribution in [0.5, 0.6) is 0 Å². The third kappa shape index (κ3) is 2.93. The van der Waals surface area contributed by atoms with Crippen molar-refractivity contribution in [2.24, 2.45) is 0 Å². The predicted octanol–water partition coefficient (Wildman–Crippen LogP) is 1.86. The van der Waals surface area contributed by atoms with Crippen molar-refractivity contribution in [3.63, 3.8) is 0 Å². The number of hydrogen-bond acceptors (Lipinski definition) is 3. The number of rotatable bonds is 4. The summed E-state index contributed by atoms with van der Waals surface area (Å²) in [6, 6.07) is 4.89. The molecule has 0 amide bonds. The molecule has 16 heavy (non-hydrogen) atoms. The Morgan fingerprint density at radius 2 is 1.88 bits per heavy atom. The van der Waals surface area contributed by atoms with Gasteiger partial charge >= 0.3 is 0 Å². The van der Waals surface area contributed by atoms with Gasteiger partial charge in [-0.05, 0) is 17.7 Å². The SMILES string of the molecule is CCS(=O)(=O)C(Cl)C(O)c1ccc(F)cc1. The zero-order valence-corrected chi connectivity index (χ0v) is 10.2. The second kappa shape index (κ2) is 5.12. The fourth-order valence-electron chi connectivity index (χ4n) is 1.17. The van der Waals surface area contributed by atoms with E-state index in [2.05, 4.69) is 0 Å². The van der Waals surface area contributed by atoms with E-state index in [0.29, 0.717) is 0 Å². The molecule has 0 spiro atoms. The van der Waals surface area contributed by atoms with E-state index in [1.54, 1.807) is 0 Å². The van der Waals surface area contributed by atoms with Crippen molar-refractivity contribution in [3.8, 4) is 0 Å².